The number of aromatic hydroxyl groups is 2. The van der Waals surface area contributed by atoms with Crippen molar-refractivity contribution in [3.05, 3.63) is 48.0 Å². The smallest absolute Gasteiger partial charge is 0.306 e. The molecule has 11 heteroatoms. The van der Waals surface area contributed by atoms with Gasteiger partial charge in [-0.05, 0) is 31.0 Å². The van der Waals surface area contributed by atoms with Crippen LogP contribution in [0.5, 0.6) is 11.5 Å². The van der Waals surface area contributed by atoms with Gasteiger partial charge < -0.3 is 15.3 Å². The summed E-state index contributed by atoms with van der Waals surface area (Å²) in [6, 6.07) is 10.5. The minimum Gasteiger partial charge on any atom is -0.508 e. The van der Waals surface area contributed by atoms with E-state index in [2.05, 4.69) is 5.32 Å². The number of carbonyl (C=O) groups excluding carboxylic acids is 2. The van der Waals surface area contributed by atoms with E-state index in [9.17, 15) is 18.4 Å². The van der Waals surface area contributed by atoms with Crippen molar-refractivity contribution in [3.63, 3.8) is 0 Å². The standard InChI is InChI=1S/C11H14O3.C8H10AsNO5.H2O/c1-2-14-11(13)8-5-9-3-6-10(12)7-4-9;1-5(11)10-8-6(9(13,14)15)3-2-4-7(8)12;/h3-4,6-7,12H,2,5,8H2,1H3;2-4,12H,1H3,(H,10,11)(H2,13,14,15);1H2. The molecule has 0 spiro atoms. The van der Waals surface area contributed by atoms with E-state index in [0.29, 0.717) is 19.4 Å². The largest absolute Gasteiger partial charge is 0.508 e. The molecule has 2 aromatic rings. The molecule has 2 rings (SSSR count). The number of hydrogen-bond acceptors (Lipinski definition) is 6. The summed E-state index contributed by atoms with van der Waals surface area (Å²) in [5.74, 6) is -0.820. The number of nitrogens with one attached hydrogen (secondary N) is 1. The van der Waals surface area contributed by atoms with Crippen molar-refractivity contribution in [2.75, 3.05) is 11.9 Å². The Labute approximate surface area is 176 Å². The first kappa shape index (κ1) is 27.2. The fourth-order valence-electron chi connectivity index (χ4n) is 2.22. The van der Waals surface area contributed by atoms with Crippen LogP contribution in [0, 0.1) is 0 Å². The van der Waals surface area contributed by atoms with Gasteiger partial charge in [-0.15, -0.1) is 0 Å². The number of rotatable bonds is 6. The average molecular weight is 487 g/mol. The zero-order chi connectivity index (χ0) is 22.0. The Balaban J connectivity index is 0.000000544. The minimum absolute atomic E-state index is 0. The summed E-state index contributed by atoms with van der Waals surface area (Å²) in [6.45, 7) is 3.40. The van der Waals surface area contributed by atoms with Crippen LogP contribution in [0.3, 0.4) is 0 Å². The molecule has 0 aromatic heterocycles. The summed E-state index contributed by atoms with van der Waals surface area (Å²) in [4.78, 5) is 21.8. The van der Waals surface area contributed by atoms with Crippen LogP contribution in [0.15, 0.2) is 42.5 Å². The van der Waals surface area contributed by atoms with Crippen molar-refractivity contribution in [2.45, 2.75) is 26.7 Å². The van der Waals surface area contributed by atoms with Gasteiger partial charge in [0, 0.05) is 6.42 Å². The Morgan fingerprint density at radius 2 is 1.67 bits per heavy atom. The van der Waals surface area contributed by atoms with E-state index in [1.807, 2.05) is 0 Å². The maximum atomic E-state index is 11.1. The molecule has 166 valence electrons. The topological polar surface area (TPSA) is 185 Å². The van der Waals surface area contributed by atoms with Crippen molar-refractivity contribution < 1.29 is 41.9 Å². The number of phenols is 2. The number of hydrogen-bond donors (Lipinski definition) is 5. The molecule has 0 atom stereocenters. The van der Waals surface area contributed by atoms with Crippen LogP contribution in [0.4, 0.5) is 5.69 Å². The average Bonchev–Trinajstić information content (AvgIpc) is 2.62. The van der Waals surface area contributed by atoms with Gasteiger partial charge in [0.25, 0.3) is 0 Å². The normalized spacial score (nSPS) is 10.1. The molecule has 0 unspecified atom stereocenters. The summed E-state index contributed by atoms with van der Waals surface area (Å²) in [6.07, 6.45) is 1.04. The number of amides is 1. The molecule has 0 bridgehead atoms. The van der Waals surface area contributed by atoms with Crippen molar-refractivity contribution in [1.29, 1.82) is 0 Å². The van der Waals surface area contributed by atoms with E-state index in [-0.39, 0.29) is 33.0 Å². The number of anilines is 1. The zero-order valence-corrected chi connectivity index (χ0v) is 18.4. The van der Waals surface area contributed by atoms with Gasteiger partial charge in [-0.3, -0.25) is 4.79 Å². The van der Waals surface area contributed by atoms with Gasteiger partial charge in [0.2, 0.25) is 0 Å². The Hall–Kier alpha value is -2.78. The molecule has 0 aliphatic carbocycles. The van der Waals surface area contributed by atoms with Crippen LogP contribution in [-0.2, 0) is 24.5 Å². The Morgan fingerprint density at radius 1 is 1.07 bits per heavy atom. The molecule has 0 aliphatic rings. The molecule has 0 radical (unpaired) electrons. The molecule has 7 N–H and O–H groups in total. The third-order valence-electron chi connectivity index (χ3n) is 3.49. The van der Waals surface area contributed by atoms with E-state index in [1.54, 1.807) is 31.2 Å². The predicted octanol–water partition coefficient (Wildman–Crippen LogP) is -0.0252. The quantitative estimate of drug-likeness (QED) is 0.214. The summed E-state index contributed by atoms with van der Waals surface area (Å²) < 4.78 is 33.6. The number of ether oxygens (including phenoxy) is 1. The molecule has 1 amide bonds. The number of carbonyl (C=O) groups is 2. The number of para-hydroxylation sites is 1. The van der Waals surface area contributed by atoms with Gasteiger partial charge in [-0.25, -0.2) is 0 Å². The zero-order valence-electron chi connectivity index (χ0n) is 16.5. The molecule has 0 heterocycles. The fourth-order valence-corrected chi connectivity index (χ4v) is 3.77. The molecular formula is C19H26AsNO9. The molecule has 0 saturated carbocycles. The van der Waals surface area contributed by atoms with E-state index in [1.165, 1.54) is 25.1 Å². The summed E-state index contributed by atoms with van der Waals surface area (Å²) >= 11 is -5.14. The summed E-state index contributed by atoms with van der Waals surface area (Å²) in [5.41, 5.74) is 0.799. The van der Waals surface area contributed by atoms with Crippen molar-refractivity contribution in [2.24, 2.45) is 0 Å². The molecule has 0 aliphatic heterocycles. The first-order chi connectivity index (χ1) is 13.5. The first-order valence-corrected chi connectivity index (χ1v) is 12.0. The van der Waals surface area contributed by atoms with Crippen molar-refractivity contribution in [3.8, 4) is 11.5 Å². The van der Waals surface area contributed by atoms with Gasteiger partial charge in [-0.2, -0.15) is 0 Å². The molecule has 0 fully saturated rings. The fraction of sp³-hybridized carbons (Fsp3) is 0.263. The first-order valence-electron chi connectivity index (χ1n) is 8.63. The van der Waals surface area contributed by atoms with E-state index < -0.39 is 20.1 Å². The van der Waals surface area contributed by atoms with E-state index >= 15 is 0 Å². The second-order valence-electron chi connectivity index (χ2n) is 5.87. The van der Waals surface area contributed by atoms with Gasteiger partial charge in [0.1, 0.15) is 5.75 Å². The van der Waals surface area contributed by atoms with Crippen LogP contribution < -0.4 is 9.67 Å². The van der Waals surface area contributed by atoms with Crippen LogP contribution in [0.2, 0.25) is 0 Å². The van der Waals surface area contributed by atoms with E-state index in [4.69, 9.17) is 18.0 Å². The number of esters is 1. The summed E-state index contributed by atoms with van der Waals surface area (Å²) in [7, 11) is 0. The van der Waals surface area contributed by atoms with Gasteiger partial charge in [0.05, 0.1) is 6.61 Å². The maximum Gasteiger partial charge on any atom is 0.306 e. The third kappa shape index (κ3) is 9.62. The number of benzene rings is 2. The second kappa shape index (κ2) is 12.7. The minimum atomic E-state index is -5.14. The maximum absolute atomic E-state index is 11.1. The molecule has 2 aromatic carbocycles. The summed E-state index contributed by atoms with van der Waals surface area (Å²) in [5, 5.41) is 20.6. The Morgan fingerprint density at radius 3 is 2.17 bits per heavy atom. The SMILES string of the molecule is CC(=O)Nc1c(O)cccc1[As](=O)(O)O.CCOC(=O)CCc1ccc(O)cc1.O. The van der Waals surface area contributed by atoms with Gasteiger partial charge in [0.15, 0.2) is 0 Å². The second-order valence-corrected chi connectivity index (χ2v) is 9.16. The van der Waals surface area contributed by atoms with E-state index in [0.717, 1.165) is 5.56 Å². The van der Waals surface area contributed by atoms with Gasteiger partial charge >= 0.3 is 94.1 Å². The monoisotopic (exact) mass is 487 g/mol. The van der Waals surface area contributed by atoms with Crippen LogP contribution in [-0.4, -0.2) is 56.5 Å². The molecule has 0 saturated heterocycles. The van der Waals surface area contributed by atoms with Crippen molar-refractivity contribution >= 4 is 36.1 Å². The Kier molecular flexibility index (Phi) is 11.5. The Bertz CT molecular complexity index is 878. The van der Waals surface area contributed by atoms with Gasteiger partial charge in [-0.1, -0.05) is 12.1 Å². The van der Waals surface area contributed by atoms with Crippen LogP contribution >= 0.6 is 0 Å². The number of phenolic OH excluding ortho intramolecular Hbond substituents is 2. The van der Waals surface area contributed by atoms with Crippen molar-refractivity contribution in [1.82, 2.24) is 0 Å². The molecular weight excluding hydrogens is 461 g/mol. The van der Waals surface area contributed by atoms with Crippen LogP contribution in [0.25, 0.3) is 0 Å². The predicted molar refractivity (Wildman–Crippen MR) is 110 cm³/mol. The van der Waals surface area contributed by atoms with Crippen LogP contribution in [0.1, 0.15) is 25.8 Å². The third-order valence-corrected chi connectivity index (χ3v) is 5.59. The molecule has 30 heavy (non-hydrogen) atoms. The molecule has 10 nitrogen and oxygen atoms in total. The number of aryl methyl sites for hydroxylation is 1.